The highest BCUT2D eigenvalue weighted by Crippen LogP contribution is 2.25. The second-order valence-electron chi connectivity index (χ2n) is 8.47. The molecular weight excluding hydrogens is 352 g/mol. The smallest absolute Gasteiger partial charge is 0.258 e. The van der Waals surface area contributed by atoms with Gasteiger partial charge in [-0.3, -0.25) is 4.79 Å². The van der Waals surface area contributed by atoms with Crippen molar-refractivity contribution in [2.75, 3.05) is 5.32 Å². The molecule has 3 aromatic rings. The van der Waals surface area contributed by atoms with Crippen LogP contribution in [0.15, 0.2) is 18.5 Å². The zero-order valence-corrected chi connectivity index (χ0v) is 16.9. The maximum atomic E-state index is 13.0. The second-order valence-corrected chi connectivity index (χ2v) is 8.47. The molecule has 7 nitrogen and oxygen atoms in total. The van der Waals surface area contributed by atoms with Crippen molar-refractivity contribution in [1.29, 1.82) is 0 Å². The van der Waals surface area contributed by atoms with Crippen molar-refractivity contribution < 1.29 is 4.79 Å². The number of carbonyl (C=O) groups excluding carboxylic acids is 1. The van der Waals surface area contributed by atoms with Crippen molar-refractivity contribution in [3.8, 4) is 0 Å². The molecule has 0 saturated carbocycles. The van der Waals surface area contributed by atoms with Crippen molar-refractivity contribution in [2.24, 2.45) is 0 Å². The molecule has 1 aliphatic rings. The Labute approximate surface area is 164 Å². The molecule has 146 valence electrons. The SMILES string of the molecule is Cc1cc(C(=O)Nc2cnc(C(C)(C)C)nc2)c2nc3n(c2n1)CCCCC3. The van der Waals surface area contributed by atoms with E-state index in [-0.39, 0.29) is 11.3 Å². The van der Waals surface area contributed by atoms with Crippen LogP contribution in [0.4, 0.5) is 5.69 Å². The minimum absolute atomic E-state index is 0.134. The Kier molecular flexibility index (Phi) is 4.61. The van der Waals surface area contributed by atoms with Gasteiger partial charge in [0.05, 0.1) is 23.6 Å². The number of anilines is 1. The lowest BCUT2D eigenvalue weighted by molar-refractivity contribution is 0.102. The van der Waals surface area contributed by atoms with E-state index >= 15 is 0 Å². The molecular formula is C21H26N6O. The summed E-state index contributed by atoms with van der Waals surface area (Å²) in [6, 6.07) is 1.80. The van der Waals surface area contributed by atoms with Crippen LogP contribution < -0.4 is 5.32 Å². The van der Waals surface area contributed by atoms with Gasteiger partial charge in [0.25, 0.3) is 5.91 Å². The van der Waals surface area contributed by atoms with Crippen molar-refractivity contribution in [1.82, 2.24) is 24.5 Å². The fourth-order valence-corrected chi connectivity index (χ4v) is 3.57. The number of aromatic nitrogens is 5. The largest absolute Gasteiger partial charge is 0.319 e. The van der Waals surface area contributed by atoms with E-state index in [9.17, 15) is 4.79 Å². The topological polar surface area (TPSA) is 85.6 Å². The molecule has 1 amide bonds. The van der Waals surface area contributed by atoms with Crippen LogP contribution in [0.25, 0.3) is 11.2 Å². The number of pyridine rings is 1. The van der Waals surface area contributed by atoms with Gasteiger partial charge in [-0.1, -0.05) is 27.2 Å². The van der Waals surface area contributed by atoms with Crippen LogP contribution >= 0.6 is 0 Å². The molecule has 0 spiro atoms. The number of amides is 1. The van der Waals surface area contributed by atoms with Gasteiger partial charge in [0.1, 0.15) is 17.2 Å². The van der Waals surface area contributed by atoms with Crippen molar-refractivity contribution >= 4 is 22.8 Å². The number of imidazole rings is 1. The van der Waals surface area contributed by atoms with E-state index in [1.807, 2.05) is 6.92 Å². The highest BCUT2D eigenvalue weighted by Gasteiger charge is 2.21. The lowest BCUT2D eigenvalue weighted by atomic mass is 9.96. The minimum atomic E-state index is -0.212. The predicted molar refractivity (Wildman–Crippen MR) is 109 cm³/mol. The molecule has 0 atom stereocenters. The fraction of sp³-hybridized carbons (Fsp3) is 0.476. The van der Waals surface area contributed by atoms with Gasteiger partial charge in [-0.2, -0.15) is 0 Å². The summed E-state index contributed by atoms with van der Waals surface area (Å²) >= 11 is 0. The van der Waals surface area contributed by atoms with Crippen molar-refractivity contribution in [3.63, 3.8) is 0 Å². The molecule has 0 aromatic carbocycles. The van der Waals surface area contributed by atoms with E-state index in [0.29, 0.717) is 16.8 Å². The van der Waals surface area contributed by atoms with Gasteiger partial charge in [0, 0.05) is 24.1 Å². The normalized spacial score (nSPS) is 14.6. The van der Waals surface area contributed by atoms with Crippen LogP contribution in [0, 0.1) is 6.92 Å². The lowest BCUT2D eigenvalue weighted by Gasteiger charge is -2.16. The maximum Gasteiger partial charge on any atom is 0.258 e. The molecule has 1 aliphatic heterocycles. The third-order valence-electron chi connectivity index (χ3n) is 5.02. The first kappa shape index (κ1) is 18.5. The van der Waals surface area contributed by atoms with E-state index in [0.717, 1.165) is 48.8 Å². The molecule has 0 fully saturated rings. The van der Waals surface area contributed by atoms with Gasteiger partial charge in [0.2, 0.25) is 0 Å². The van der Waals surface area contributed by atoms with E-state index in [1.165, 1.54) is 6.42 Å². The molecule has 0 aliphatic carbocycles. The molecule has 3 aromatic heterocycles. The van der Waals surface area contributed by atoms with E-state index in [1.54, 1.807) is 18.5 Å². The van der Waals surface area contributed by atoms with Gasteiger partial charge in [-0.05, 0) is 25.8 Å². The highest BCUT2D eigenvalue weighted by atomic mass is 16.1. The van der Waals surface area contributed by atoms with Crippen LogP contribution in [0.5, 0.6) is 0 Å². The van der Waals surface area contributed by atoms with Crippen molar-refractivity contribution in [2.45, 2.75) is 65.3 Å². The Morgan fingerprint density at radius 2 is 1.86 bits per heavy atom. The molecule has 4 heterocycles. The third kappa shape index (κ3) is 3.48. The zero-order chi connectivity index (χ0) is 19.9. The molecule has 0 radical (unpaired) electrons. The van der Waals surface area contributed by atoms with Crippen LogP contribution in [0.1, 0.15) is 67.7 Å². The summed E-state index contributed by atoms with van der Waals surface area (Å²) in [5.74, 6) is 1.55. The first-order chi connectivity index (χ1) is 13.3. The van der Waals surface area contributed by atoms with E-state index in [4.69, 9.17) is 4.98 Å². The lowest BCUT2D eigenvalue weighted by Crippen LogP contribution is -2.17. The maximum absolute atomic E-state index is 13.0. The number of nitrogens with one attached hydrogen (secondary N) is 1. The molecule has 28 heavy (non-hydrogen) atoms. The van der Waals surface area contributed by atoms with Crippen LogP contribution in [0.2, 0.25) is 0 Å². The van der Waals surface area contributed by atoms with Crippen molar-refractivity contribution in [3.05, 3.63) is 41.4 Å². The number of carbonyl (C=O) groups is 1. The Bertz CT molecular complexity index is 1030. The van der Waals surface area contributed by atoms with Crippen LogP contribution in [-0.2, 0) is 18.4 Å². The number of rotatable bonds is 2. The number of aryl methyl sites for hydroxylation is 3. The number of hydrogen-bond acceptors (Lipinski definition) is 5. The number of nitrogens with zero attached hydrogens (tertiary/aromatic N) is 5. The van der Waals surface area contributed by atoms with Gasteiger partial charge >= 0.3 is 0 Å². The third-order valence-corrected chi connectivity index (χ3v) is 5.02. The number of hydrogen-bond donors (Lipinski definition) is 1. The van der Waals surface area contributed by atoms with Gasteiger partial charge in [-0.25, -0.2) is 19.9 Å². The van der Waals surface area contributed by atoms with Gasteiger partial charge in [-0.15, -0.1) is 0 Å². The summed E-state index contributed by atoms with van der Waals surface area (Å²) in [7, 11) is 0. The highest BCUT2D eigenvalue weighted by molar-refractivity contribution is 6.11. The average molecular weight is 378 g/mol. The van der Waals surface area contributed by atoms with E-state index in [2.05, 4.69) is 45.6 Å². The van der Waals surface area contributed by atoms with Gasteiger partial charge < -0.3 is 9.88 Å². The molecule has 0 saturated heterocycles. The summed E-state index contributed by atoms with van der Waals surface area (Å²) in [4.78, 5) is 31.2. The second kappa shape index (κ2) is 6.96. The Hall–Kier alpha value is -2.83. The Balaban J connectivity index is 1.67. The van der Waals surface area contributed by atoms with Gasteiger partial charge in [0.15, 0.2) is 5.65 Å². The quantitative estimate of drug-likeness (QED) is 0.733. The standard InChI is InChI=1S/C21H26N6O/c1-13-10-15(17-18(24-13)27-9-7-5-6-8-16(27)26-17)19(28)25-14-11-22-20(23-12-14)21(2,3)4/h10-12H,5-9H2,1-4H3,(H,25,28). The van der Waals surface area contributed by atoms with Crippen LogP contribution in [-0.4, -0.2) is 30.4 Å². The van der Waals surface area contributed by atoms with E-state index < -0.39 is 0 Å². The molecule has 4 rings (SSSR count). The summed E-state index contributed by atoms with van der Waals surface area (Å²) in [6.07, 6.45) is 7.68. The molecule has 0 unspecified atom stereocenters. The fourth-order valence-electron chi connectivity index (χ4n) is 3.57. The Morgan fingerprint density at radius 1 is 1.11 bits per heavy atom. The molecule has 1 N–H and O–H groups in total. The predicted octanol–water partition coefficient (Wildman–Crippen LogP) is 3.81. The first-order valence-electron chi connectivity index (χ1n) is 9.83. The average Bonchev–Trinajstić information content (AvgIpc) is 2.82. The number of fused-ring (bicyclic) bond motifs is 3. The first-order valence-corrected chi connectivity index (χ1v) is 9.83. The minimum Gasteiger partial charge on any atom is -0.319 e. The summed E-state index contributed by atoms with van der Waals surface area (Å²) in [6.45, 7) is 8.99. The molecule has 0 bridgehead atoms. The monoisotopic (exact) mass is 378 g/mol. The summed E-state index contributed by atoms with van der Waals surface area (Å²) < 4.78 is 2.17. The molecule has 7 heteroatoms. The van der Waals surface area contributed by atoms with Crippen LogP contribution in [0.3, 0.4) is 0 Å². The summed E-state index contributed by atoms with van der Waals surface area (Å²) in [5, 5.41) is 2.91. The Morgan fingerprint density at radius 3 is 2.57 bits per heavy atom. The zero-order valence-electron chi connectivity index (χ0n) is 16.9. The summed E-state index contributed by atoms with van der Waals surface area (Å²) in [5.41, 5.74) is 3.27.